The molecular weight excluding hydrogens is 211 g/mol. The van der Waals surface area contributed by atoms with Crippen molar-refractivity contribution in [2.24, 2.45) is 0 Å². The van der Waals surface area contributed by atoms with Gasteiger partial charge in [0.25, 0.3) is 0 Å². The van der Waals surface area contributed by atoms with Crippen LogP contribution in [0.4, 0.5) is 10.1 Å². The lowest BCUT2D eigenvalue weighted by Crippen LogP contribution is -2.07. The molecule has 0 fully saturated rings. The van der Waals surface area contributed by atoms with Crippen molar-refractivity contribution in [1.82, 2.24) is 0 Å². The molecule has 4 nitrogen and oxygen atoms in total. The summed E-state index contributed by atoms with van der Waals surface area (Å²) in [4.78, 5) is 0. The first-order chi connectivity index (χ1) is 7.69. The van der Waals surface area contributed by atoms with Crippen LogP contribution in [-0.4, -0.2) is 19.8 Å². The molecule has 0 aliphatic heterocycles. The molecule has 0 bridgehead atoms. The van der Waals surface area contributed by atoms with E-state index in [9.17, 15) is 4.39 Å². The first-order valence-corrected chi connectivity index (χ1v) is 4.88. The molecule has 0 amide bonds. The van der Waals surface area contributed by atoms with E-state index in [-0.39, 0.29) is 17.0 Å². The lowest BCUT2D eigenvalue weighted by molar-refractivity contribution is 0.110. The van der Waals surface area contributed by atoms with Crippen LogP contribution in [0.15, 0.2) is 12.1 Å². The number of ether oxygens (including phenoxy) is 2. The van der Waals surface area contributed by atoms with Gasteiger partial charge in [-0.3, -0.25) is 0 Å². The van der Waals surface area contributed by atoms with E-state index in [1.165, 1.54) is 6.07 Å². The van der Waals surface area contributed by atoms with E-state index < -0.39 is 5.82 Å². The second-order valence-corrected chi connectivity index (χ2v) is 3.03. The van der Waals surface area contributed by atoms with Crippen molar-refractivity contribution in [3.63, 3.8) is 0 Å². The molecule has 0 atom stereocenters. The largest absolute Gasteiger partial charge is 0.490 e. The highest BCUT2D eigenvalue weighted by atomic mass is 19.1. The molecule has 0 radical (unpaired) electrons. The van der Waals surface area contributed by atoms with Gasteiger partial charge >= 0.3 is 0 Å². The molecule has 86 valence electrons. The fourth-order valence-corrected chi connectivity index (χ4v) is 1.13. The van der Waals surface area contributed by atoms with Gasteiger partial charge in [0.05, 0.1) is 17.9 Å². The monoisotopic (exact) mass is 224 g/mol. The Labute approximate surface area is 93.4 Å². The Kier molecular flexibility index (Phi) is 4.55. The average Bonchev–Trinajstić information content (AvgIpc) is 2.28. The standard InChI is InChI=1S/C11H13FN2O2/c1-2-15-3-4-16-11-6-10(14)9(12)5-8(11)7-13/h5-6H,2-4,14H2,1H3. The number of rotatable bonds is 5. The summed E-state index contributed by atoms with van der Waals surface area (Å²) < 4.78 is 23.4. The van der Waals surface area contributed by atoms with Crippen molar-refractivity contribution in [1.29, 1.82) is 5.26 Å². The lowest BCUT2D eigenvalue weighted by Gasteiger charge is -2.09. The molecule has 16 heavy (non-hydrogen) atoms. The Bertz CT molecular complexity index is 402. The minimum atomic E-state index is -0.617. The van der Waals surface area contributed by atoms with Gasteiger partial charge in [-0.05, 0) is 13.0 Å². The van der Waals surface area contributed by atoms with Gasteiger partial charge in [0.1, 0.15) is 24.2 Å². The van der Waals surface area contributed by atoms with Gasteiger partial charge in [-0.25, -0.2) is 4.39 Å². The first-order valence-electron chi connectivity index (χ1n) is 4.88. The highest BCUT2D eigenvalue weighted by molar-refractivity contribution is 5.54. The predicted octanol–water partition coefficient (Wildman–Crippen LogP) is 1.69. The quantitative estimate of drug-likeness (QED) is 0.610. The molecule has 0 unspecified atom stereocenters. The Balaban J connectivity index is 2.71. The molecule has 5 heteroatoms. The normalized spacial score (nSPS) is 9.81. The Morgan fingerprint density at radius 3 is 2.81 bits per heavy atom. The van der Waals surface area contributed by atoms with Crippen molar-refractivity contribution >= 4 is 5.69 Å². The SMILES string of the molecule is CCOCCOc1cc(N)c(F)cc1C#N. The predicted molar refractivity (Wildman–Crippen MR) is 57.5 cm³/mol. The van der Waals surface area contributed by atoms with E-state index in [0.717, 1.165) is 6.07 Å². The van der Waals surface area contributed by atoms with Crippen molar-refractivity contribution in [3.8, 4) is 11.8 Å². The summed E-state index contributed by atoms with van der Waals surface area (Å²) in [5, 5.41) is 8.77. The van der Waals surface area contributed by atoms with Crippen LogP contribution >= 0.6 is 0 Å². The summed E-state index contributed by atoms with van der Waals surface area (Å²) >= 11 is 0. The minimum Gasteiger partial charge on any atom is -0.490 e. The molecule has 2 N–H and O–H groups in total. The van der Waals surface area contributed by atoms with Crippen molar-refractivity contribution in [2.75, 3.05) is 25.6 Å². The van der Waals surface area contributed by atoms with Crippen LogP contribution in [0.3, 0.4) is 0 Å². The van der Waals surface area contributed by atoms with Crippen molar-refractivity contribution < 1.29 is 13.9 Å². The topological polar surface area (TPSA) is 68.3 Å². The molecule has 0 saturated heterocycles. The number of nitrogen functional groups attached to an aromatic ring is 1. The summed E-state index contributed by atoms with van der Waals surface area (Å²) in [5.41, 5.74) is 5.47. The van der Waals surface area contributed by atoms with Crippen LogP contribution in [0.5, 0.6) is 5.75 Å². The fraction of sp³-hybridized carbons (Fsp3) is 0.364. The number of halogens is 1. The number of hydrogen-bond acceptors (Lipinski definition) is 4. The third-order valence-corrected chi connectivity index (χ3v) is 1.91. The average molecular weight is 224 g/mol. The Hall–Kier alpha value is -1.80. The zero-order chi connectivity index (χ0) is 12.0. The summed E-state index contributed by atoms with van der Waals surface area (Å²) in [7, 11) is 0. The van der Waals surface area contributed by atoms with Gasteiger partial charge in [-0.2, -0.15) is 5.26 Å². The Morgan fingerprint density at radius 1 is 1.44 bits per heavy atom. The number of anilines is 1. The summed E-state index contributed by atoms with van der Waals surface area (Å²) in [6.45, 7) is 3.18. The van der Waals surface area contributed by atoms with Gasteiger partial charge in [0.15, 0.2) is 0 Å². The molecular formula is C11H13FN2O2. The van der Waals surface area contributed by atoms with Gasteiger partial charge in [-0.1, -0.05) is 0 Å². The third-order valence-electron chi connectivity index (χ3n) is 1.91. The summed E-state index contributed by atoms with van der Waals surface area (Å²) in [5.74, 6) is -0.338. The summed E-state index contributed by atoms with van der Waals surface area (Å²) in [6, 6.07) is 4.21. The van der Waals surface area contributed by atoms with E-state index in [0.29, 0.717) is 19.8 Å². The van der Waals surface area contributed by atoms with E-state index >= 15 is 0 Å². The van der Waals surface area contributed by atoms with Crippen LogP contribution in [0.25, 0.3) is 0 Å². The molecule has 0 aromatic heterocycles. The van der Waals surface area contributed by atoms with Crippen LogP contribution in [-0.2, 0) is 4.74 Å². The number of benzene rings is 1. The highest BCUT2D eigenvalue weighted by Gasteiger charge is 2.08. The molecule has 0 heterocycles. The summed E-state index contributed by atoms with van der Waals surface area (Å²) in [6.07, 6.45) is 0. The van der Waals surface area contributed by atoms with Gasteiger partial charge in [0, 0.05) is 12.7 Å². The zero-order valence-electron chi connectivity index (χ0n) is 9.00. The van der Waals surface area contributed by atoms with Crippen molar-refractivity contribution in [2.45, 2.75) is 6.92 Å². The number of hydrogen-bond donors (Lipinski definition) is 1. The van der Waals surface area contributed by atoms with Crippen molar-refractivity contribution in [3.05, 3.63) is 23.5 Å². The molecule has 0 aliphatic rings. The first kappa shape index (κ1) is 12.3. The van der Waals surface area contributed by atoms with Crippen LogP contribution in [0.1, 0.15) is 12.5 Å². The molecule has 0 spiro atoms. The fourth-order valence-electron chi connectivity index (χ4n) is 1.13. The van der Waals surface area contributed by atoms with Crippen LogP contribution < -0.4 is 10.5 Å². The van der Waals surface area contributed by atoms with E-state index in [1.54, 1.807) is 0 Å². The zero-order valence-corrected chi connectivity index (χ0v) is 9.00. The molecule has 0 saturated carbocycles. The minimum absolute atomic E-state index is 0.0367. The van der Waals surface area contributed by atoms with E-state index in [1.807, 2.05) is 13.0 Å². The maximum absolute atomic E-state index is 13.0. The number of nitriles is 1. The van der Waals surface area contributed by atoms with E-state index in [4.69, 9.17) is 20.5 Å². The number of nitrogens with zero attached hydrogens (tertiary/aromatic N) is 1. The molecule has 1 aromatic rings. The molecule has 1 aromatic carbocycles. The second-order valence-electron chi connectivity index (χ2n) is 3.03. The van der Waals surface area contributed by atoms with E-state index in [2.05, 4.69) is 0 Å². The van der Waals surface area contributed by atoms with Crippen LogP contribution in [0, 0.1) is 17.1 Å². The molecule has 1 rings (SSSR count). The van der Waals surface area contributed by atoms with Crippen LogP contribution in [0.2, 0.25) is 0 Å². The lowest BCUT2D eigenvalue weighted by atomic mass is 10.2. The second kappa shape index (κ2) is 5.93. The maximum Gasteiger partial charge on any atom is 0.147 e. The van der Waals surface area contributed by atoms with Gasteiger partial charge in [-0.15, -0.1) is 0 Å². The molecule has 0 aliphatic carbocycles. The smallest absolute Gasteiger partial charge is 0.147 e. The highest BCUT2D eigenvalue weighted by Crippen LogP contribution is 2.23. The van der Waals surface area contributed by atoms with Gasteiger partial charge in [0.2, 0.25) is 0 Å². The maximum atomic E-state index is 13.0. The third kappa shape index (κ3) is 3.11. The number of nitrogens with two attached hydrogens (primary N) is 1. The Morgan fingerprint density at radius 2 is 2.19 bits per heavy atom. The van der Waals surface area contributed by atoms with Gasteiger partial charge < -0.3 is 15.2 Å².